The summed E-state index contributed by atoms with van der Waals surface area (Å²) < 4.78 is 25.6. The van der Waals surface area contributed by atoms with Crippen molar-refractivity contribution >= 4 is 62.3 Å². The highest BCUT2D eigenvalue weighted by molar-refractivity contribution is 9.10. The summed E-state index contributed by atoms with van der Waals surface area (Å²) in [6, 6.07) is 14.2. The Morgan fingerprint density at radius 2 is 1.80 bits per heavy atom. The number of hydrogen-bond donors (Lipinski definition) is 2. The first-order valence-electron chi connectivity index (χ1n) is 10.0. The summed E-state index contributed by atoms with van der Waals surface area (Å²) in [4.78, 5) is 24.1. The van der Waals surface area contributed by atoms with Crippen LogP contribution in [-0.2, 0) is 16.2 Å². The number of halogens is 4. The quantitative estimate of drug-likeness (QED) is 0.204. The summed E-state index contributed by atoms with van der Waals surface area (Å²) in [5.41, 5.74) is 3.78. The SMILES string of the molecule is COc1cc(C(C)=NNC(=O)C(=O)Nc2ccc(Br)cc2F)ccc1OCc1ccc(Cl)cc1Cl. The second-order valence-corrected chi connectivity index (χ2v) is 8.87. The molecule has 0 atom stereocenters. The number of carbonyl (C=O) groups excluding carboxylic acids is 2. The number of nitrogens with one attached hydrogen (secondary N) is 2. The molecule has 0 aliphatic rings. The van der Waals surface area contributed by atoms with Gasteiger partial charge in [-0.15, -0.1) is 0 Å². The lowest BCUT2D eigenvalue weighted by Gasteiger charge is -2.13. The van der Waals surface area contributed by atoms with Crippen LogP contribution in [0.2, 0.25) is 10.0 Å². The summed E-state index contributed by atoms with van der Waals surface area (Å²) in [6.45, 7) is 1.83. The summed E-state index contributed by atoms with van der Waals surface area (Å²) >= 11 is 15.2. The zero-order valence-corrected chi connectivity index (χ0v) is 21.6. The Labute approximate surface area is 219 Å². The van der Waals surface area contributed by atoms with E-state index in [1.165, 1.54) is 25.3 Å². The molecule has 0 unspecified atom stereocenters. The topological polar surface area (TPSA) is 89.0 Å². The molecular formula is C24H19BrCl2FN3O4. The molecular weight excluding hydrogens is 564 g/mol. The minimum Gasteiger partial charge on any atom is -0.493 e. The van der Waals surface area contributed by atoms with Gasteiger partial charge >= 0.3 is 11.8 Å². The van der Waals surface area contributed by atoms with Gasteiger partial charge in [0.25, 0.3) is 0 Å². The predicted molar refractivity (Wildman–Crippen MR) is 137 cm³/mol. The number of amides is 2. The van der Waals surface area contributed by atoms with Crippen LogP contribution < -0.4 is 20.2 Å². The zero-order valence-electron chi connectivity index (χ0n) is 18.5. The molecule has 0 bridgehead atoms. The molecule has 2 N–H and O–H groups in total. The van der Waals surface area contributed by atoms with Crippen LogP contribution in [0.5, 0.6) is 11.5 Å². The van der Waals surface area contributed by atoms with Crippen LogP contribution in [-0.4, -0.2) is 24.6 Å². The summed E-state index contributed by atoms with van der Waals surface area (Å²) in [7, 11) is 1.49. The zero-order chi connectivity index (χ0) is 25.5. The Hall–Kier alpha value is -3.14. The normalized spacial score (nSPS) is 11.1. The maximum atomic E-state index is 13.9. The van der Waals surface area contributed by atoms with E-state index in [-0.39, 0.29) is 12.3 Å². The van der Waals surface area contributed by atoms with Gasteiger partial charge in [0.15, 0.2) is 11.5 Å². The van der Waals surface area contributed by atoms with E-state index in [1.807, 2.05) is 0 Å². The van der Waals surface area contributed by atoms with Crippen LogP contribution in [0, 0.1) is 5.82 Å². The van der Waals surface area contributed by atoms with E-state index in [2.05, 4.69) is 31.8 Å². The molecule has 182 valence electrons. The van der Waals surface area contributed by atoms with E-state index in [1.54, 1.807) is 43.3 Å². The van der Waals surface area contributed by atoms with Gasteiger partial charge in [-0.1, -0.05) is 45.2 Å². The highest BCUT2D eigenvalue weighted by Gasteiger charge is 2.16. The Kier molecular flexibility index (Phi) is 9.08. The van der Waals surface area contributed by atoms with Gasteiger partial charge in [0.1, 0.15) is 12.4 Å². The summed E-state index contributed by atoms with van der Waals surface area (Å²) in [5.74, 6) is -1.91. The first-order chi connectivity index (χ1) is 16.7. The van der Waals surface area contributed by atoms with Crippen LogP contribution in [0.4, 0.5) is 10.1 Å². The number of anilines is 1. The highest BCUT2D eigenvalue weighted by Crippen LogP contribution is 2.30. The largest absolute Gasteiger partial charge is 0.493 e. The van der Waals surface area contributed by atoms with Gasteiger partial charge in [0.05, 0.1) is 18.5 Å². The third kappa shape index (κ3) is 7.17. The lowest BCUT2D eigenvalue weighted by atomic mass is 10.1. The number of hydrogen-bond acceptors (Lipinski definition) is 5. The molecule has 35 heavy (non-hydrogen) atoms. The van der Waals surface area contributed by atoms with E-state index >= 15 is 0 Å². The number of methoxy groups -OCH3 is 1. The maximum Gasteiger partial charge on any atom is 0.329 e. The van der Waals surface area contributed by atoms with Crippen molar-refractivity contribution in [2.45, 2.75) is 13.5 Å². The second-order valence-electron chi connectivity index (χ2n) is 7.11. The van der Waals surface area contributed by atoms with Crippen molar-refractivity contribution in [1.29, 1.82) is 0 Å². The molecule has 0 fully saturated rings. The third-order valence-corrected chi connectivity index (χ3v) is 5.77. The number of nitrogens with zero attached hydrogens (tertiary/aromatic N) is 1. The fourth-order valence-corrected chi connectivity index (χ4v) is 3.62. The smallest absolute Gasteiger partial charge is 0.329 e. The van der Waals surface area contributed by atoms with Crippen molar-refractivity contribution in [2.24, 2.45) is 5.10 Å². The van der Waals surface area contributed by atoms with Gasteiger partial charge in [-0.05, 0) is 55.5 Å². The fourth-order valence-electron chi connectivity index (χ4n) is 2.83. The maximum absolute atomic E-state index is 13.9. The molecule has 11 heteroatoms. The lowest BCUT2D eigenvalue weighted by Crippen LogP contribution is -2.33. The minimum absolute atomic E-state index is 0.130. The molecule has 3 aromatic rings. The second kappa shape index (κ2) is 12.0. The molecule has 0 spiro atoms. The Bertz CT molecular complexity index is 1300. The van der Waals surface area contributed by atoms with Crippen molar-refractivity contribution in [2.75, 3.05) is 12.4 Å². The average Bonchev–Trinajstić information content (AvgIpc) is 2.83. The van der Waals surface area contributed by atoms with Crippen molar-refractivity contribution in [3.05, 3.63) is 86.1 Å². The standard InChI is InChI=1S/C24H19BrCl2FN3O4/c1-13(30-31-24(33)23(32)29-20-7-5-16(25)10-19(20)28)14-4-8-21(22(9-14)34-2)35-12-15-3-6-17(26)11-18(15)27/h3-11H,12H2,1-2H3,(H,29,32)(H,31,33). The molecule has 2 amide bonds. The molecule has 0 aromatic heterocycles. The van der Waals surface area contributed by atoms with Gasteiger partial charge < -0.3 is 14.8 Å². The van der Waals surface area contributed by atoms with Crippen molar-refractivity contribution in [1.82, 2.24) is 5.43 Å². The van der Waals surface area contributed by atoms with Crippen LogP contribution in [0.3, 0.4) is 0 Å². The fraction of sp³-hybridized carbons (Fsp3) is 0.125. The first-order valence-corrected chi connectivity index (χ1v) is 11.6. The Morgan fingerprint density at radius 3 is 2.49 bits per heavy atom. The molecule has 7 nitrogen and oxygen atoms in total. The molecule has 0 aliphatic heterocycles. The average molecular weight is 583 g/mol. The monoisotopic (exact) mass is 581 g/mol. The molecule has 0 saturated carbocycles. The molecule has 3 rings (SSSR count). The highest BCUT2D eigenvalue weighted by atomic mass is 79.9. The van der Waals surface area contributed by atoms with Gasteiger partial charge in [-0.2, -0.15) is 5.10 Å². The molecule has 0 aliphatic carbocycles. The van der Waals surface area contributed by atoms with E-state index in [4.69, 9.17) is 32.7 Å². The molecule has 0 saturated heterocycles. The number of rotatable bonds is 7. The third-order valence-electron chi connectivity index (χ3n) is 4.69. The van der Waals surface area contributed by atoms with Gasteiger partial charge in [-0.3, -0.25) is 9.59 Å². The minimum atomic E-state index is -1.06. The van der Waals surface area contributed by atoms with E-state index in [0.717, 1.165) is 5.56 Å². The lowest BCUT2D eigenvalue weighted by molar-refractivity contribution is -0.136. The van der Waals surface area contributed by atoms with Crippen LogP contribution in [0.15, 0.2) is 64.2 Å². The number of benzene rings is 3. The van der Waals surface area contributed by atoms with E-state index in [0.29, 0.717) is 37.3 Å². The Morgan fingerprint density at radius 1 is 1.03 bits per heavy atom. The molecule has 3 aromatic carbocycles. The van der Waals surface area contributed by atoms with Crippen molar-refractivity contribution in [3.63, 3.8) is 0 Å². The molecule has 0 heterocycles. The van der Waals surface area contributed by atoms with E-state index < -0.39 is 17.6 Å². The van der Waals surface area contributed by atoms with E-state index in [9.17, 15) is 14.0 Å². The number of ether oxygens (including phenoxy) is 2. The summed E-state index contributed by atoms with van der Waals surface area (Å²) in [5, 5.41) is 7.15. The van der Waals surface area contributed by atoms with Gasteiger partial charge in [0.2, 0.25) is 0 Å². The van der Waals surface area contributed by atoms with Crippen LogP contribution in [0.1, 0.15) is 18.1 Å². The number of carbonyl (C=O) groups is 2. The van der Waals surface area contributed by atoms with Crippen LogP contribution >= 0.6 is 39.1 Å². The Balaban J connectivity index is 1.64. The molecule has 0 radical (unpaired) electrons. The van der Waals surface area contributed by atoms with Crippen LogP contribution in [0.25, 0.3) is 0 Å². The summed E-state index contributed by atoms with van der Waals surface area (Å²) in [6.07, 6.45) is 0. The van der Waals surface area contributed by atoms with Gasteiger partial charge in [-0.25, -0.2) is 9.82 Å². The number of hydrazone groups is 1. The van der Waals surface area contributed by atoms with Gasteiger partial charge in [0, 0.05) is 25.6 Å². The van der Waals surface area contributed by atoms with Crippen molar-refractivity contribution in [3.8, 4) is 11.5 Å². The van der Waals surface area contributed by atoms with Crippen molar-refractivity contribution < 1.29 is 23.5 Å². The predicted octanol–water partition coefficient (Wildman–Crippen LogP) is 5.96. The first kappa shape index (κ1) is 26.5.